The standard InChI is InChI=1S/C11H10N4OS/c12-11(17)15-14-6-10-9-5-8(16)2-1-7(9)3-4-13-10/h1-6,16H,(H3,12,15,17)/b14-6+. The van der Waals surface area contributed by atoms with Gasteiger partial charge in [0, 0.05) is 11.6 Å². The number of rotatable bonds is 2. The molecule has 0 spiro atoms. The Bertz CT molecular complexity index is 597. The van der Waals surface area contributed by atoms with Gasteiger partial charge in [0.25, 0.3) is 0 Å². The number of nitrogens with two attached hydrogens (primary N) is 1. The quantitative estimate of drug-likeness (QED) is 0.420. The molecule has 0 bridgehead atoms. The summed E-state index contributed by atoms with van der Waals surface area (Å²) in [6.07, 6.45) is 3.17. The van der Waals surface area contributed by atoms with E-state index in [1.165, 1.54) is 6.21 Å². The molecule has 0 aliphatic carbocycles. The summed E-state index contributed by atoms with van der Waals surface area (Å²) in [5, 5.41) is 15.1. The third kappa shape index (κ3) is 2.67. The molecule has 1 aromatic carbocycles. The first-order chi connectivity index (χ1) is 8.16. The van der Waals surface area contributed by atoms with Gasteiger partial charge in [-0.25, -0.2) is 0 Å². The van der Waals surface area contributed by atoms with Crippen LogP contribution in [0.4, 0.5) is 0 Å². The van der Waals surface area contributed by atoms with Gasteiger partial charge in [0.2, 0.25) is 0 Å². The Morgan fingerprint density at radius 2 is 2.29 bits per heavy atom. The van der Waals surface area contributed by atoms with Gasteiger partial charge in [-0.05, 0) is 35.8 Å². The summed E-state index contributed by atoms with van der Waals surface area (Å²) in [5.74, 6) is 0.183. The fraction of sp³-hybridized carbons (Fsp3) is 0. The molecular weight excluding hydrogens is 236 g/mol. The van der Waals surface area contributed by atoms with Gasteiger partial charge in [0.05, 0.1) is 11.9 Å². The van der Waals surface area contributed by atoms with Gasteiger partial charge in [-0.15, -0.1) is 0 Å². The van der Waals surface area contributed by atoms with Crippen molar-refractivity contribution in [3.05, 3.63) is 36.2 Å². The second kappa shape index (κ2) is 4.75. The fourth-order valence-corrected chi connectivity index (χ4v) is 1.49. The summed E-state index contributed by atoms with van der Waals surface area (Å²) in [6, 6.07) is 6.92. The summed E-state index contributed by atoms with van der Waals surface area (Å²) in [4.78, 5) is 4.16. The SMILES string of the molecule is NC(=S)N/N=C/c1nccc2ccc(O)cc12. The average molecular weight is 246 g/mol. The molecule has 0 aliphatic heterocycles. The van der Waals surface area contributed by atoms with Crippen LogP contribution in [0.5, 0.6) is 5.75 Å². The molecule has 1 heterocycles. The van der Waals surface area contributed by atoms with Crippen molar-refractivity contribution in [2.45, 2.75) is 0 Å². The number of benzene rings is 1. The zero-order chi connectivity index (χ0) is 12.3. The maximum absolute atomic E-state index is 9.44. The molecule has 17 heavy (non-hydrogen) atoms. The van der Waals surface area contributed by atoms with Crippen molar-refractivity contribution in [3.8, 4) is 5.75 Å². The minimum absolute atomic E-state index is 0.0873. The van der Waals surface area contributed by atoms with Crippen LogP contribution in [0.25, 0.3) is 10.8 Å². The van der Waals surface area contributed by atoms with Crippen molar-refractivity contribution in [3.63, 3.8) is 0 Å². The van der Waals surface area contributed by atoms with Crippen LogP contribution in [-0.2, 0) is 0 Å². The lowest BCUT2D eigenvalue weighted by molar-refractivity contribution is 0.476. The molecule has 5 nitrogen and oxygen atoms in total. The summed E-state index contributed by atoms with van der Waals surface area (Å²) in [7, 11) is 0. The highest BCUT2D eigenvalue weighted by Gasteiger charge is 2.01. The van der Waals surface area contributed by atoms with Crippen molar-refractivity contribution in [2.24, 2.45) is 10.8 Å². The highest BCUT2D eigenvalue weighted by atomic mass is 32.1. The molecule has 0 saturated carbocycles. The van der Waals surface area contributed by atoms with Crippen LogP contribution in [0.1, 0.15) is 5.69 Å². The molecule has 6 heteroatoms. The molecule has 0 amide bonds. The van der Waals surface area contributed by atoms with Gasteiger partial charge in [-0.1, -0.05) is 6.07 Å². The van der Waals surface area contributed by atoms with Crippen LogP contribution in [-0.4, -0.2) is 21.4 Å². The first kappa shape index (κ1) is 11.3. The number of hydrazone groups is 1. The van der Waals surface area contributed by atoms with Gasteiger partial charge >= 0.3 is 0 Å². The molecule has 2 aromatic rings. The van der Waals surface area contributed by atoms with E-state index in [9.17, 15) is 5.11 Å². The molecule has 0 atom stereocenters. The van der Waals surface area contributed by atoms with Crippen LogP contribution in [0.3, 0.4) is 0 Å². The van der Waals surface area contributed by atoms with Gasteiger partial charge in [-0.3, -0.25) is 10.4 Å². The summed E-state index contributed by atoms with van der Waals surface area (Å²) in [6.45, 7) is 0. The monoisotopic (exact) mass is 246 g/mol. The minimum Gasteiger partial charge on any atom is -0.508 e. The lowest BCUT2D eigenvalue weighted by atomic mass is 10.1. The van der Waals surface area contributed by atoms with Crippen molar-refractivity contribution in [2.75, 3.05) is 0 Å². The molecule has 1 aromatic heterocycles. The van der Waals surface area contributed by atoms with E-state index >= 15 is 0 Å². The molecule has 0 unspecified atom stereocenters. The maximum atomic E-state index is 9.44. The molecule has 0 radical (unpaired) electrons. The lowest BCUT2D eigenvalue weighted by Crippen LogP contribution is -2.24. The molecule has 0 saturated heterocycles. The van der Waals surface area contributed by atoms with Gasteiger partial charge < -0.3 is 10.8 Å². The molecule has 0 fully saturated rings. The van der Waals surface area contributed by atoms with E-state index in [-0.39, 0.29) is 10.9 Å². The van der Waals surface area contributed by atoms with E-state index in [0.29, 0.717) is 5.69 Å². The van der Waals surface area contributed by atoms with Crippen molar-refractivity contribution in [1.29, 1.82) is 0 Å². The Hall–Kier alpha value is -2.21. The smallest absolute Gasteiger partial charge is 0.184 e. The number of nitrogens with zero attached hydrogens (tertiary/aromatic N) is 2. The highest BCUT2D eigenvalue weighted by Crippen LogP contribution is 2.20. The largest absolute Gasteiger partial charge is 0.508 e. The zero-order valence-electron chi connectivity index (χ0n) is 8.79. The minimum atomic E-state index is 0.0873. The van der Waals surface area contributed by atoms with Crippen LogP contribution >= 0.6 is 12.2 Å². The van der Waals surface area contributed by atoms with Crippen LogP contribution in [0, 0.1) is 0 Å². The van der Waals surface area contributed by atoms with Crippen molar-refractivity contribution < 1.29 is 5.11 Å². The Kier molecular flexibility index (Phi) is 3.15. The molecule has 86 valence electrons. The van der Waals surface area contributed by atoms with Crippen LogP contribution in [0.2, 0.25) is 0 Å². The normalized spacial score (nSPS) is 10.8. The number of hydrogen-bond donors (Lipinski definition) is 3. The van der Waals surface area contributed by atoms with E-state index in [2.05, 4.69) is 27.7 Å². The fourth-order valence-electron chi connectivity index (χ4n) is 1.44. The first-order valence-corrected chi connectivity index (χ1v) is 5.24. The van der Waals surface area contributed by atoms with Gasteiger partial charge in [0.15, 0.2) is 5.11 Å². The van der Waals surface area contributed by atoms with Crippen molar-refractivity contribution >= 4 is 34.3 Å². The number of hydrogen-bond acceptors (Lipinski definition) is 4. The summed E-state index contributed by atoms with van der Waals surface area (Å²) >= 11 is 4.62. The second-order valence-corrected chi connectivity index (χ2v) is 3.78. The lowest BCUT2D eigenvalue weighted by Gasteiger charge is -2.01. The number of phenols is 1. The number of fused-ring (bicyclic) bond motifs is 1. The van der Waals surface area contributed by atoms with E-state index in [0.717, 1.165) is 10.8 Å². The van der Waals surface area contributed by atoms with Gasteiger partial charge in [-0.2, -0.15) is 5.10 Å². The van der Waals surface area contributed by atoms with Crippen LogP contribution in [0.15, 0.2) is 35.6 Å². The molecule has 0 aliphatic rings. The Morgan fingerprint density at radius 3 is 3.06 bits per heavy atom. The first-order valence-electron chi connectivity index (χ1n) is 4.83. The number of aromatic nitrogens is 1. The van der Waals surface area contributed by atoms with E-state index < -0.39 is 0 Å². The second-order valence-electron chi connectivity index (χ2n) is 3.34. The molecule has 4 N–H and O–H groups in total. The predicted octanol–water partition coefficient (Wildman–Crippen LogP) is 1.11. The summed E-state index contributed by atoms with van der Waals surface area (Å²) in [5.41, 5.74) is 8.32. The summed E-state index contributed by atoms with van der Waals surface area (Å²) < 4.78 is 0. The number of pyridine rings is 1. The number of phenolic OH excluding ortho intramolecular Hbond substituents is 1. The Labute approximate surface area is 103 Å². The third-order valence-corrected chi connectivity index (χ3v) is 2.23. The number of thiocarbonyl (C=S) groups is 1. The van der Waals surface area contributed by atoms with Gasteiger partial charge in [0.1, 0.15) is 5.75 Å². The molecular formula is C11H10N4OS. The average Bonchev–Trinajstić information content (AvgIpc) is 2.29. The topological polar surface area (TPSA) is 83.5 Å². The highest BCUT2D eigenvalue weighted by molar-refractivity contribution is 7.80. The van der Waals surface area contributed by atoms with E-state index in [1.807, 2.05) is 12.1 Å². The van der Waals surface area contributed by atoms with E-state index in [1.54, 1.807) is 18.3 Å². The maximum Gasteiger partial charge on any atom is 0.184 e. The number of nitrogens with one attached hydrogen (secondary N) is 1. The van der Waals surface area contributed by atoms with Crippen molar-refractivity contribution in [1.82, 2.24) is 10.4 Å². The predicted molar refractivity (Wildman–Crippen MR) is 70.9 cm³/mol. The molecule has 2 rings (SSSR count). The number of aromatic hydroxyl groups is 1. The Balaban J connectivity index is 2.43. The van der Waals surface area contributed by atoms with E-state index in [4.69, 9.17) is 5.73 Å². The Morgan fingerprint density at radius 1 is 1.47 bits per heavy atom. The van der Waals surface area contributed by atoms with Crippen LogP contribution < -0.4 is 11.2 Å². The third-order valence-electron chi connectivity index (χ3n) is 2.14. The zero-order valence-corrected chi connectivity index (χ0v) is 9.61.